The van der Waals surface area contributed by atoms with E-state index in [1.807, 2.05) is 18.2 Å². The van der Waals surface area contributed by atoms with Crippen LogP contribution >= 0.6 is 11.8 Å². The van der Waals surface area contributed by atoms with E-state index in [1.54, 1.807) is 11.8 Å². The Labute approximate surface area is 129 Å². The van der Waals surface area contributed by atoms with Crippen LogP contribution in [-0.2, 0) is 13.1 Å². The van der Waals surface area contributed by atoms with Crippen LogP contribution in [0.15, 0.2) is 45.4 Å². The zero-order valence-electron chi connectivity index (χ0n) is 12.5. The van der Waals surface area contributed by atoms with Crippen molar-refractivity contribution in [3.8, 4) is 0 Å². The normalized spacial score (nSPS) is 10.7. The van der Waals surface area contributed by atoms with Gasteiger partial charge in [0, 0.05) is 16.4 Å². The molecule has 0 unspecified atom stereocenters. The highest BCUT2D eigenvalue weighted by Gasteiger charge is 2.19. The molecule has 110 valence electrons. The minimum Gasteiger partial charge on any atom is -0.323 e. The minimum absolute atomic E-state index is 0.291. The third kappa shape index (κ3) is 3.60. The summed E-state index contributed by atoms with van der Waals surface area (Å²) in [6, 6.07) is 10.3. The molecule has 0 saturated heterocycles. The fraction of sp³-hybridized carbons (Fsp3) is 0.400. The van der Waals surface area contributed by atoms with Crippen molar-refractivity contribution in [3.63, 3.8) is 0 Å². The van der Waals surface area contributed by atoms with Crippen LogP contribution in [0.4, 0.5) is 0 Å². The summed E-state index contributed by atoms with van der Waals surface area (Å²) in [5.41, 5.74) is 9.59. The summed E-state index contributed by atoms with van der Waals surface area (Å²) < 4.78 is 2.14. The Morgan fingerprint density at radius 1 is 1.33 bits per heavy atom. The van der Waals surface area contributed by atoms with Crippen molar-refractivity contribution in [1.29, 1.82) is 0 Å². The minimum atomic E-state index is 0.291. The van der Waals surface area contributed by atoms with E-state index in [2.05, 4.69) is 47.5 Å². The molecular formula is C15H19N5S. The van der Waals surface area contributed by atoms with Gasteiger partial charge in [0.2, 0.25) is 0 Å². The van der Waals surface area contributed by atoms with Crippen molar-refractivity contribution in [2.75, 3.05) is 0 Å². The van der Waals surface area contributed by atoms with Crippen molar-refractivity contribution in [2.45, 2.75) is 49.7 Å². The number of aromatic nitrogens is 2. The third-order valence-electron chi connectivity index (χ3n) is 3.12. The summed E-state index contributed by atoms with van der Waals surface area (Å²) in [5.74, 6) is 1.16. The van der Waals surface area contributed by atoms with Crippen LogP contribution in [0.5, 0.6) is 0 Å². The van der Waals surface area contributed by atoms with Gasteiger partial charge in [-0.2, -0.15) is 0 Å². The fourth-order valence-electron chi connectivity index (χ4n) is 2.13. The van der Waals surface area contributed by atoms with Gasteiger partial charge < -0.3 is 4.57 Å². The number of hydrogen-bond acceptors (Lipinski definition) is 3. The lowest BCUT2D eigenvalue weighted by Gasteiger charge is -2.10. The maximum absolute atomic E-state index is 8.53. The van der Waals surface area contributed by atoms with Crippen LogP contribution in [0.3, 0.4) is 0 Å². The number of benzene rings is 1. The quantitative estimate of drug-likeness (QED) is 0.428. The van der Waals surface area contributed by atoms with Crippen molar-refractivity contribution in [2.24, 2.45) is 5.11 Å². The predicted molar refractivity (Wildman–Crippen MR) is 85.4 cm³/mol. The molecule has 0 amide bonds. The lowest BCUT2D eigenvalue weighted by molar-refractivity contribution is 0.644. The second-order valence-electron chi connectivity index (χ2n) is 4.92. The SMILES string of the molecule is CCn1c(CN=[N+]=[N-])nc(C(C)C)c1Sc1ccccc1. The second kappa shape index (κ2) is 7.20. The Kier molecular flexibility index (Phi) is 5.31. The van der Waals surface area contributed by atoms with Gasteiger partial charge in [0.25, 0.3) is 0 Å². The summed E-state index contributed by atoms with van der Waals surface area (Å²) >= 11 is 1.71. The lowest BCUT2D eigenvalue weighted by atomic mass is 10.1. The molecule has 0 spiro atoms. The van der Waals surface area contributed by atoms with Gasteiger partial charge in [0.05, 0.1) is 12.2 Å². The molecule has 0 N–H and O–H groups in total. The average molecular weight is 301 g/mol. The van der Waals surface area contributed by atoms with Gasteiger partial charge in [0.15, 0.2) is 0 Å². The highest BCUT2D eigenvalue weighted by molar-refractivity contribution is 7.99. The molecular weight excluding hydrogens is 282 g/mol. The van der Waals surface area contributed by atoms with E-state index in [4.69, 9.17) is 10.5 Å². The Balaban J connectivity index is 2.45. The van der Waals surface area contributed by atoms with Gasteiger partial charge in [-0.05, 0) is 30.5 Å². The molecule has 1 heterocycles. The number of imidazole rings is 1. The van der Waals surface area contributed by atoms with Gasteiger partial charge in [-0.3, -0.25) is 0 Å². The van der Waals surface area contributed by atoms with Gasteiger partial charge >= 0.3 is 0 Å². The molecule has 0 bridgehead atoms. The molecule has 1 aromatic heterocycles. The Morgan fingerprint density at radius 2 is 2.05 bits per heavy atom. The molecule has 0 radical (unpaired) electrons. The van der Waals surface area contributed by atoms with Crippen molar-refractivity contribution in [1.82, 2.24) is 9.55 Å². The highest BCUT2D eigenvalue weighted by Crippen LogP contribution is 2.34. The molecule has 0 saturated carbocycles. The van der Waals surface area contributed by atoms with E-state index < -0.39 is 0 Å². The summed E-state index contributed by atoms with van der Waals surface area (Å²) in [7, 11) is 0. The monoisotopic (exact) mass is 301 g/mol. The van der Waals surface area contributed by atoms with E-state index >= 15 is 0 Å². The molecule has 0 aliphatic heterocycles. The van der Waals surface area contributed by atoms with Crippen molar-refractivity contribution < 1.29 is 0 Å². The van der Waals surface area contributed by atoms with Gasteiger partial charge in [-0.15, -0.1) is 0 Å². The van der Waals surface area contributed by atoms with E-state index in [0.717, 1.165) is 23.1 Å². The van der Waals surface area contributed by atoms with Crippen LogP contribution in [0.25, 0.3) is 10.4 Å². The van der Waals surface area contributed by atoms with E-state index in [-0.39, 0.29) is 0 Å². The molecule has 2 aromatic rings. The molecule has 0 fully saturated rings. The molecule has 5 nitrogen and oxygen atoms in total. The Hall–Kier alpha value is -1.91. The van der Waals surface area contributed by atoms with E-state index in [9.17, 15) is 0 Å². The first-order chi connectivity index (χ1) is 10.2. The Bertz CT molecular complexity index is 642. The number of hydrogen-bond donors (Lipinski definition) is 0. The lowest BCUT2D eigenvalue weighted by Crippen LogP contribution is -2.02. The van der Waals surface area contributed by atoms with Gasteiger partial charge in [-0.1, -0.05) is 48.9 Å². The molecule has 0 aliphatic rings. The molecule has 0 atom stereocenters. The first-order valence-corrected chi connectivity index (χ1v) is 7.82. The van der Waals surface area contributed by atoms with Crippen molar-refractivity contribution >= 4 is 11.8 Å². The number of nitrogens with zero attached hydrogens (tertiary/aromatic N) is 5. The predicted octanol–water partition coefficient (Wildman–Crippen LogP) is 4.99. The molecule has 2 rings (SSSR count). The third-order valence-corrected chi connectivity index (χ3v) is 4.25. The van der Waals surface area contributed by atoms with Crippen molar-refractivity contribution in [3.05, 3.63) is 52.3 Å². The van der Waals surface area contributed by atoms with Gasteiger partial charge in [-0.25, -0.2) is 4.98 Å². The largest absolute Gasteiger partial charge is 0.323 e. The van der Waals surface area contributed by atoms with Crippen LogP contribution < -0.4 is 0 Å². The zero-order chi connectivity index (χ0) is 15.2. The zero-order valence-corrected chi connectivity index (χ0v) is 13.3. The molecule has 21 heavy (non-hydrogen) atoms. The topological polar surface area (TPSA) is 66.6 Å². The maximum atomic E-state index is 8.53. The van der Waals surface area contributed by atoms with Crippen LogP contribution in [0, 0.1) is 0 Å². The summed E-state index contributed by atoms with van der Waals surface area (Å²) in [6.07, 6.45) is 0. The summed E-state index contributed by atoms with van der Waals surface area (Å²) in [6.45, 7) is 7.45. The van der Waals surface area contributed by atoms with Gasteiger partial charge in [0.1, 0.15) is 10.9 Å². The first-order valence-electron chi connectivity index (χ1n) is 7.00. The smallest absolute Gasteiger partial charge is 0.115 e. The standard InChI is InChI=1S/C15H19N5S/c1-4-20-13(10-17-19-16)18-14(11(2)3)15(20)21-12-8-6-5-7-9-12/h5-9,11H,4,10H2,1-3H3. The van der Waals surface area contributed by atoms with Crippen LogP contribution in [0.2, 0.25) is 0 Å². The maximum Gasteiger partial charge on any atom is 0.115 e. The molecule has 0 aliphatic carbocycles. The van der Waals surface area contributed by atoms with Crippen LogP contribution in [0.1, 0.15) is 38.2 Å². The Morgan fingerprint density at radius 3 is 2.62 bits per heavy atom. The molecule has 6 heteroatoms. The number of rotatable bonds is 6. The summed E-state index contributed by atoms with van der Waals surface area (Å²) in [5, 5.41) is 4.80. The first kappa shape index (κ1) is 15.5. The second-order valence-corrected chi connectivity index (χ2v) is 5.98. The summed E-state index contributed by atoms with van der Waals surface area (Å²) in [4.78, 5) is 8.72. The number of azide groups is 1. The van der Waals surface area contributed by atoms with E-state index in [1.165, 1.54) is 4.90 Å². The van der Waals surface area contributed by atoms with E-state index in [0.29, 0.717) is 12.5 Å². The highest BCUT2D eigenvalue weighted by atomic mass is 32.2. The molecule has 1 aromatic carbocycles. The average Bonchev–Trinajstić information content (AvgIpc) is 2.84. The fourth-order valence-corrected chi connectivity index (χ4v) is 3.38. The van der Waals surface area contributed by atoms with Crippen LogP contribution in [-0.4, -0.2) is 9.55 Å².